The molecule has 0 unspecified atom stereocenters. The number of aromatic nitrogens is 2. The summed E-state index contributed by atoms with van der Waals surface area (Å²) in [6, 6.07) is 16.0. The maximum atomic E-state index is 5.72. The molecule has 0 aliphatic rings. The molecule has 112 valence electrons. The number of ether oxygens (including phenoxy) is 1. The van der Waals surface area contributed by atoms with E-state index in [0.717, 1.165) is 23.3 Å². The smallest absolute Gasteiger partial charge is 0.254 e. The summed E-state index contributed by atoms with van der Waals surface area (Å²) in [6.45, 7) is 4.41. The lowest BCUT2D eigenvalue weighted by atomic mass is 10.1. The molecule has 0 aliphatic heterocycles. The predicted octanol–water partition coefficient (Wildman–Crippen LogP) is 4.19. The number of hydrogen-bond acceptors (Lipinski definition) is 4. The third-order valence-electron chi connectivity index (χ3n) is 3.51. The van der Waals surface area contributed by atoms with Gasteiger partial charge in [0.05, 0.1) is 0 Å². The molecule has 3 aromatic rings. The second kappa shape index (κ2) is 6.43. The fourth-order valence-corrected chi connectivity index (χ4v) is 2.23. The van der Waals surface area contributed by atoms with Crippen LogP contribution in [0.25, 0.3) is 11.5 Å². The van der Waals surface area contributed by atoms with Crippen LogP contribution in [0.3, 0.4) is 0 Å². The molecule has 0 N–H and O–H groups in total. The van der Waals surface area contributed by atoms with E-state index in [0.29, 0.717) is 11.8 Å². The molecular weight excluding hydrogens is 276 g/mol. The van der Waals surface area contributed by atoms with Crippen molar-refractivity contribution in [3.63, 3.8) is 0 Å². The van der Waals surface area contributed by atoms with Crippen LogP contribution in [0.5, 0.6) is 5.75 Å². The van der Waals surface area contributed by atoms with E-state index < -0.39 is 0 Å². The minimum Gasteiger partial charge on any atom is -0.484 e. The Hall–Kier alpha value is -2.62. The Bertz CT molecular complexity index is 765. The van der Waals surface area contributed by atoms with Gasteiger partial charge in [-0.15, -0.1) is 10.2 Å². The zero-order chi connectivity index (χ0) is 15.4. The number of rotatable bonds is 5. The monoisotopic (exact) mass is 294 g/mol. The summed E-state index contributed by atoms with van der Waals surface area (Å²) in [5, 5.41) is 8.15. The molecule has 4 nitrogen and oxygen atoms in total. The standard InChI is InChI=1S/C18H18N2O2/c1-3-14-8-6-9-15(11-14)21-12-17-19-20-18(22-17)16-10-5-4-7-13(16)2/h4-11H,3,12H2,1-2H3. The van der Waals surface area contributed by atoms with Gasteiger partial charge in [0.15, 0.2) is 6.61 Å². The quantitative estimate of drug-likeness (QED) is 0.708. The highest BCUT2D eigenvalue weighted by Crippen LogP contribution is 2.22. The summed E-state index contributed by atoms with van der Waals surface area (Å²) in [5.41, 5.74) is 3.30. The van der Waals surface area contributed by atoms with Crippen molar-refractivity contribution in [2.75, 3.05) is 0 Å². The number of hydrogen-bond donors (Lipinski definition) is 0. The third-order valence-corrected chi connectivity index (χ3v) is 3.51. The van der Waals surface area contributed by atoms with Gasteiger partial charge in [-0.2, -0.15) is 0 Å². The van der Waals surface area contributed by atoms with Crippen molar-refractivity contribution in [3.8, 4) is 17.2 Å². The zero-order valence-corrected chi connectivity index (χ0v) is 12.7. The Morgan fingerprint density at radius 3 is 2.73 bits per heavy atom. The molecule has 2 aromatic carbocycles. The summed E-state index contributed by atoms with van der Waals surface area (Å²) >= 11 is 0. The Kier molecular flexibility index (Phi) is 4.19. The first-order valence-electron chi connectivity index (χ1n) is 7.36. The minimum atomic E-state index is 0.270. The SMILES string of the molecule is CCc1cccc(OCc2nnc(-c3ccccc3C)o2)c1. The highest BCUT2D eigenvalue weighted by atomic mass is 16.5. The van der Waals surface area contributed by atoms with Crippen molar-refractivity contribution in [2.45, 2.75) is 26.9 Å². The minimum absolute atomic E-state index is 0.270. The van der Waals surface area contributed by atoms with E-state index in [1.807, 2.05) is 49.4 Å². The van der Waals surface area contributed by atoms with Crippen molar-refractivity contribution >= 4 is 0 Å². The van der Waals surface area contributed by atoms with Gasteiger partial charge in [0.25, 0.3) is 5.89 Å². The van der Waals surface area contributed by atoms with Crippen molar-refractivity contribution < 1.29 is 9.15 Å². The van der Waals surface area contributed by atoms with Gasteiger partial charge in [0.2, 0.25) is 5.89 Å². The molecule has 4 heteroatoms. The van der Waals surface area contributed by atoms with Crippen molar-refractivity contribution in [1.29, 1.82) is 0 Å². The van der Waals surface area contributed by atoms with E-state index in [9.17, 15) is 0 Å². The fourth-order valence-electron chi connectivity index (χ4n) is 2.23. The molecule has 0 spiro atoms. The third kappa shape index (κ3) is 3.17. The van der Waals surface area contributed by atoms with Crippen LogP contribution in [0.4, 0.5) is 0 Å². The lowest BCUT2D eigenvalue weighted by molar-refractivity contribution is 0.264. The molecule has 22 heavy (non-hydrogen) atoms. The van der Waals surface area contributed by atoms with Gasteiger partial charge >= 0.3 is 0 Å². The van der Waals surface area contributed by atoms with E-state index in [1.165, 1.54) is 5.56 Å². The van der Waals surface area contributed by atoms with Crippen LogP contribution in [0, 0.1) is 6.92 Å². The van der Waals surface area contributed by atoms with Crippen LogP contribution < -0.4 is 4.74 Å². The van der Waals surface area contributed by atoms with E-state index >= 15 is 0 Å². The molecule has 0 atom stereocenters. The molecule has 0 radical (unpaired) electrons. The average molecular weight is 294 g/mol. The van der Waals surface area contributed by atoms with Crippen LogP contribution in [0.2, 0.25) is 0 Å². The van der Waals surface area contributed by atoms with E-state index in [-0.39, 0.29) is 6.61 Å². The molecule has 0 saturated heterocycles. The van der Waals surface area contributed by atoms with Gasteiger partial charge in [0, 0.05) is 5.56 Å². The summed E-state index contributed by atoms with van der Waals surface area (Å²) < 4.78 is 11.4. The molecule has 0 aliphatic carbocycles. The first-order chi connectivity index (χ1) is 10.8. The van der Waals surface area contributed by atoms with Crippen molar-refractivity contribution in [1.82, 2.24) is 10.2 Å². The normalized spacial score (nSPS) is 10.6. The van der Waals surface area contributed by atoms with Gasteiger partial charge in [-0.25, -0.2) is 0 Å². The molecule has 0 bridgehead atoms. The van der Waals surface area contributed by atoms with Gasteiger partial charge < -0.3 is 9.15 Å². The predicted molar refractivity (Wildman–Crippen MR) is 84.6 cm³/mol. The Labute approximate surface area is 129 Å². The van der Waals surface area contributed by atoms with E-state index in [1.54, 1.807) is 0 Å². The summed E-state index contributed by atoms with van der Waals surface area (Å²) in [4.78, 5) is 0. The zero-order valence-electron chi connectivity index (χ0n) is 12.7. The van der Waals surface area contributed by atoms with Gasteiger partial charge in [-0.3, -0.25) is 0 Å². The Morgan fingerprint density at radius 1 is 1.05 bits per heavy atom. The largest absolute Gasteiger partial charge is 0.484 e. The Balaban J connectivity index is 1.71. The highest BCUT2D eigenvalue weighted by Gasteiger charge is 2.10. The number of aryl methyl sites for hydroxylation is 2. The lowest BCUT2D eigenvalue weighted by Gasteiger charge is -2.04. The fraction of sp³-hybridized carbons (Fsp3) is 0.222. The molecule has 0 fully saturated rings. The van der Waals surface area contributed by atoms with Crippen molar-refractivity contribution in [3.05, 3.63) is 65.5 Å². The molecule has 0 amide bonds. The summed E-state index contributed by atoms with van der Waals surface area (Å²) in [5.74, 6) is 1.81. The van der Waals surface area contributed by atoms with Crippen LogP contribution >= 0.6 is 0 Å². The average Bonchev–Trinajstić information content (AvgIpc) is 3.02. The molecule has 3 rings (SSSR count). The molecule has 0 saturated carbocycles. The van der Waals surface area contributed by atoms with E-state index in [2.05, 4.69) is 23.2 Å². The van der Waals surface area contributed by atoms with Gasteiger partial charge in [-0.05, 0) is 42.7 Å². The summed E-state index contributed by atoms with van der Waals surface area (Å²) in [7, 11) is 0. The molecular formula is C18H18N2O2. The maximum absolute atomic E-state index is 5.72. The lowest BCUT2D eigenvalue weighted by Crippen LogP contribution is -1.96. The number of benzene rings is 2. The van der Waals surface area contributed by atoms with Gasteiger partial charge in [-0.1, -0.05) is 37.3 Å². The Morgan fingerprint density at radius 2 is 1.91 bits per heavy atom. The number of nitrogens with zero attached hydrogens (tertiary/aromatic N) is 2. The first-order valence-corrected chi connectivity index (χ1v) is 7.36. The topological polar surface area (TPSA) is 48.2 Å². The highest BCUT2D eigenvalue weighted by molar-refractivity contribution is 5.57. The second-order valence-electron chi connectivity index (χ2n) is 5.11. The van der Waals surface area contributed by atoms with Crippen molar-refractivity contribution in [2.24, 2.45) is 0 Å². The van der Waals surface area contributed by atoms with Crippen LogP contribution in [0.1, 0.15) is 23.9 Å². The second-order valence-corrected chi connectivity index (χ2v) is 5.11. The van der Waals surface area contributed by atoms with Crippen LogP contribution in [-0.2, 0) is 13.0 Å². The summed E-state index contributed by atoms with van der Waals surface area (Å²) in [6.07, 6.45) is 0.981. The van der Waals surface area contributed by atoms with Crippen LogP contribution in [0.15, 0.2) is 52.9 Å². The maximum Gasteiger partial charge on any atom is 0.254 e. The first kappa shape index (κ1) is 14.3. The van der Waals surface area contributed by atoms with Gasteiger partial charge in [0.1, 0.15) is 5.75 Å². The molecule has 1 aromatic heterocycles. The molecule has 1 heterocycles. The van der Waals surface area contributed by atoms with E-state index in [4.69, 9.17) is 9.15 Å². The van der Waals surface area contributed by atoms with Crippen LogP contribution in [-0.4, -0.2) is 10.2 Å².